The van der Waals surface area contributed by atoms with Crippen molar-refractivity contribution in [3.63, 3.8) is 0 Å². The summed E-state index contributed by atoms with van der Waals surface area (Å²) in [4.78, 5) is 12.9. The van der Waals surface area contributed by atoms with E-state index in [0.29, 0.717) is 28.8 Å². The van der Waals surface area contributed by atoms with Crippen LogP contribution in [0.1, 0.15) is 5.69 Å². The number of nitrogens with zero attached hydrogens (tertiary/aromatic N) is 3. The Hall–Kier alpha value is -3.87. The maximum Gasteiger partial charge on any atom is 0.169 e. The molecular formula is C22H20N4O3. The summed E-state index contributed by atoms with van der Waals surface area (Å²) >= 11 is 0. The fourth-order valence-electron chi connectivity index (χ4n) is 2.95. The van der Waals surface area contributed by atoms with E-state index in [-0.39, 0.29) is 0 Å². The van der Waals surface area contributed by atoms with Gasteiger partial charge in [0.25, 0.3) is 0 Å². The zero-order chi connectivity index (χ0) is 20.2. The van der Waals surface area contributed by atoms with E-state index in [1.165, 1.54) is 6.33 Å². The van der Waals surface area contributed by atoms with Gasteiger partial charge in [0.1, 0.15) is 23.6 Å². The van der Waals surface area contributed by atoms with Gasteiger partial charge in [-0.2, -0.15) is 0 Å². The molecule has 7 nitrogen and oxygen atoms in total. The molecule has 7 heteroatoms. The summed E-state index contributed by atoms with van der Waals surface area (Å²) in [5.41, 5.74) is 2.51. The molecule has 0 saturated heterocycles. The molecule has 0 aliphatic carbocycles. The van der Waals surface area contributed by atoms with Gasteiger partial charge in [0.2, 0.25) is 0 Å². The van der Waals surface area contributed by atoms with E-state index in [0.717, 1.165) is 22.3 Å². The molecule has 2 heterocycles. The maximum atomic E-state index is 5.91. The molecule has 146 valence electrons. The van der Waals surface area contributed by atoms with Gasteiger partial charge in [-0.15, -0.1) is 0 Å². The van der Waals surface area contributed by atoms with Gasteiger partial charge in [-0.1, -0.05) is 6.07 Å². The molecular weight excluding hydrogens is 368 g/mol. The monoisotopic (exact) mass is 388 g/mol. The lowest BCUT2D eigenvalue weighted by atomic mass is 10.2. The number of ether oxygens (including phenoxy) is 3. The van der Waals surface area contributed by atoms with E-state index in [1.807, 2.05) is 55.5 Å². The van der Waals surface area contributed by atoms with Crippen LogP contribution in [-0.4, -0.2) is 29.2 Å². The molecule has 0 spiro atoms. The second-order valence-electron chi connectivity index (χ2n) is 6.30. The van der Waals surface area contributed by atoms with E-state index in [9.17, 15) is 0 Å². The molecule has 1 N–H and O–H groups in total. The third-order valence-corrected chi connectivity index (χ3v) is 4.38. The average molecular weight is 388 g/mol. The Bertz CT molecular complexity index is 1140. The standard InChI is InChI=1S/C22H20N4O3/c1-14-7-9-16(12-23-14)29-18-10-8-15(11-20(18)28-3)26-22-21-17(24-13-25-22)5-4-6-19(21)27-2/h4-13H,1-3H3,(H,24,25,26). The predicted molar refractivity (Wildman–Crippen MR) is 111 cm³/mol. The van der Waals surface area contributed by atoms with E-state index in [2.05, 4.69) is 20.3 Å². The highest BCUT2D eigenvalue weighted by Gasteiger charge is 2.12. The molecule has 0 atom stereocenters. The third-order valence-electron chi connectivity index (χ3n) is 4.38. The lowest BCUT2D eigenvalue weighted by molar-refractivity contribution is 0.378. The molecule has 4 rings (SSSR count). The molecule has 0 aliphatic rings. The molecule has 2 aromatic heterocycles. The largest absolute Gasteiger partial charge is 0.496 e. The number of aromatic nitrogens is 3. The highest BCUT2D eigenvalue weighted by molar-refractivity contribution is 5.95. The highest BCUT2D eigenvalue weighted by Crippen LogP contribution is 2.36. The van der Waals surface area contributed by atoms with Gasteiger partial charge < -0.3 is 19.5 Å². The highest BCUT2D eigenvalue weighted by atomic mass is 16.5. The number of hydrogen-bond acceptors (Lipinski definition) is 7. The van der Waals surface area contributed by atoms with Gasteiger partial charge >= 0.3 is 0 Å². The first-order chi connectivity index (χ1) is 14.2. The minimum Gasteiger partial charge on any atom is -0.496 e. The Morgan fingerprint density at radius 3 is 2.45 bits per heavy atom. The lowest BCUT2D eigenvalue weighted by Crippen LogP contribution is -1.99. The quantitative estimate of drug-likeness (QED) is 0.504. The van der Waals surface area contributed by atoms with Gasteiger partial charge in [0.05, 0.1) is 31.3 Å². The van der Waals surface area contributed by atoms with Crippen molar-refractivity contribution in [1.29, 1.82) is 0 Å². The van der Waals surface area contributed by atoms with Gasteiger partial charge in [-0.25, -0.2) is 9.97 Å². The summed E-state index contributed by atoms with van der Waals surface area (Å²) in [6.45, 7) is 1.93. The minimum absolute atomic E-state index is 0.584. The Labute approximate surface area is 168 Å². The maximum absolute atomic E-state index is 5.91. The van der Waals surface area contributed by atoms with Crippen molar-refractivity contribution in [3.8, 4) is 23.0 Å². The van der Waals surface area contributed by atoms with Crippen LogP contribution < -0.4 is 19.5 Å². The average Bonchev–Trinajstić information content (AvgIpc) is 2.76. The van der Waals surface area contributed by atoms with Crippen LogP contribution in [0.3, 0.4) is 0 Å². The fourth-order valence-corrected chi connectivity index (χ4v) is 2.95. The predicted octanol–water partition coefficient (Wildman–Crippen LogP) is 4.89. The van der Waals surface area contributed by atoms with E-state index in [4.69, 9.17) is 14.2 Å². The van der Waals surface area contributed by atoms with Crippen LogP contribution in [0.5, 0.6) is 23.0 Å². The molecule has 2 aromatic carbocycles. The number of hydrogen-bond donors (Lipinski definition) is 1. The number of aryl methyl sites for hydroxylation is 1. The van der Waals surface area contributed by atoms with Crippen molar-refractivity contribution in [2.24, 2.45) is 0 Å². The van der Waals surface area contributed by atoms with Gasteiger partial charge in [0, 0.05) is 17.4 Å². The first-order valence-corrected chi connectivity index (χ1v) is 9.01. The van der Waals surface area contributed by atoms with E-state index < -0.39 is 0 Å². The summed E-state index contributed by atoms with van der Waals surface area (Å²) in [7, 11) is 3.23. The summed E-state index contributed by atoms with van der Waals surface area (Å²) in [5.74, 6) is 3.16. The van der Waals surface area contributed by atoms with Crippen molar-refractivity contribution in [1.82, 2.24) is 15.0 Å². The molecule has 0 bridgehead atoms. The smallest absolute Gasteiger partial charge is 0.169 e. The van der Waals surface area contributed by atoms with Crippen molar-refractivity contribution >= 4 is 22.4 Å². The summed E-state index contributed by atoms with van der Waals surface area (Å²) in [6.07, 6.45) is 3.20. The van der Waals surface area contributed by atoms with Crippen molar-refractivity contribution < 1.29 is 14.2 Å². The topological polar surface area (TPSA) is 78.4 Å². The van der Waals surface area contributed by atoms with Crippen molar-refractivity contribution in [3.05, 3.63) is 66.7 Å². The van der Waals surface area contributed by atoms with Crippen molar-refractivity contribution in [2.75, 3.05) is 19.5 Å². The number of methoxy groups -OCH3 is 2. The van der Waals surface area contributed by atoms with E-state index in [1.54, 1.807) is 20.4 Å². The zero-order valence-corrected chi connectivity index (χ0v) is 16.3. The van der Waals surface area contributed by atoms with Crippen molar-refractivity contribution in [2.45, 2.75) is 6.92 Å². The number of rotatable bonds is 6. The first-order valence-electron chi connectivity index (χ1n) is 9.01. The molecule has 0 amide bonds. The normalized spacial score (nSPS) is 10.6. The van der Waals surface area contributed by atoms with Crippen LogP contribution in [0.25, 0.3) is 10.9 Å². The van der Waals surface area contributed by atoms with Crippen LogP contribution in [0, 0.1) is 6.92 Å². The van der Waals surface area contributed by atoms with Gasteiger partial charge in [0.15, 0.2) is 11.5 Å². The minimum atomic E-state index is 0.584. The van der Waals surface area contributed by atoms with Crippen LogP contribution in [0.15, 0.2) is 61.1 Å². The summed E-state index contributed by atoms with van der Waals surface area (Å²) < 4.78 is 16.9. The first kappa shape index (κ1) is 18.5. The molecule has 0 fully saturated rings. The Morgan fingerprint density at radius 2 is 1.69 bits per heavy atom. The SMILES string of the molecule is COc1cc(Nc2ncnc3cccc(OC)c23)ccc1Oc1ccc(C)nc1. The third kappa shape index (κ3) is 3.89. The number of nitrogens with one attached hydrogen (secondary N) is 1. The van der Waals surface area contributed by atoms with Crippen LogP contribution in [0.4, 0.5) is 11.5 Å². The molecule has 0 radical (unpaired) electrons. The van der Waals surface area contributed by atoms with Gasteiger partial charge in [-0.3, -0.25) is 4.98 Å². The van der Waals surface area contributed by atoms with Crippen LogP contribution in [-0.2, 0) is 0 Å². The summed E-state index contributed by atoms with van der Waals surface area (Å²) in [6, 6.07) is 15.0. The Morgan fingerprint density at radius 1 is 0.828 bits per heavy atom. The van der Waals surface area contributed by atoms with E-state index >= 15 is 0 Å². The molecule has 29 heavy (non-hydrogen) atoms. The number of pyridine rings is 1. The Balaban J connectivity index is 1.65. The molecule has 0 saturated carbocycles. The lowest BCUT2D eigenvalue weighted by Gasteiger charge is -2.14. The second-order valence-corrected chi connectivity index (χ2v) is 6.30. The number of anilines is 2. The summed E-state index contributed by atoms with van der Waals surface area (Å²) in [5, 5.41) is 4.12. The molecule has 4 aromatic rings. The van der Waals surface area contributed by atoms with Crippen LogP contribution in [0.2, 0.25) is 0 Å². The number of benzene rings is 2. The zero-order valence-electron chi connectivity index (χ0n) is 16.3. The Kier molecular flexibility index (Phi) is 5.11. The van der Waals surface area contributed by atoms with Crippen LogP contribution >= 0.6 is 0 Å². The fraction of sp³-hybridized carbons (Fsp3) is 0.136. The molecule has 0 aliphatic heterocycles. The number of fused-ring (bicyclic) bond motifs is 1. The second kappa shape index (κ2) is 8.02. The molecule has 0 unspecified atom stereocenters. The van der Waals surface area contributed by atoms with Gasteiger partial charge in [-0.05, 0) is 43.3 Å².